The standard InChI is InChI=1S/C21H25N3O5S/c1-14-7-8-16(21(26)24-11-9-15(10-12-24)20(22)25)13-19(14)30(27,28)23-17-5-3-4-6-18(17)29-2/h3-8,13,15,23H,9-12H2,1-2H3,(H2,22,25). The van der Waals surface area contributed by atoms with E-state index in [1.807, 2.05) is 0 Å². The van der Waals surface area contributed by atoms with Gasteiger partial charge in [0.25, 0.3) is 15.9 Å². The van der Waals surface area contributed by atoms with E-state index in [0.717, 1.165) is 0 Å². The van der Waals surface area contributed by atoms with Crippen LogP contribution in [-0.2, 0) is 14.8 Å². The molecule has 9 heteroatoms. The first-order valence-electron chi connectivity index (χ1n) is 9.58. The first kappa shape index (κ1) is 21.6. The Bertz CT molecular complexity index is 1060. The van der Waals surface area contributed by atoms with Crippen LogP contribution in [0.3, 0.4) is 0 Å². The number of amides is 2. The lowest BCUT2D eigenvalue weighted by Crippen LogP contribution is -2.41. The van der Waals surface area contributed by atoms with Gasteiger partial charge in [-0.25, -0.2) is 8.42 Å². The molecule has 1 aliphatic heterocycles. The third kappa shape index (κ3) is 4.56. The van der Waals surface area contributed by atoms with E-state index in [9.17, 15) is 18.0 Å². The normalized spacial score (nSPS) is 14.9. The van der Waals surface area contributed by atoms with E-state index in [0.29, 0.717) is 42.9 Å². The Morgan fingerprint density at radius 3 is 2.43 bits per heavy atom. The number of nitrogens with zero attached hydrogens (tertiary/aromatic N) is 1. The van der Waals surface area contributed by atoms with Crippen molar-refractivity contribution < 1.29 is 22.7 Å². The summed E-state index contributed by atoms with van der Waals surface area (Å²) in [5.41, 5.74) is 6.44. The summed E-state index contributed by atoms with van der Waals surface area (Å²) in [5, 5.41) is 0. The van der Waals surface area contributed by atoms with Crippen molar-refractivity contribution in [3.8, 4) is 5.75 Å². The van der Waals surface area contributed by atoms with Crippen LogP contribution in [0.25, 0.3) is 0 Å². The Labute approximate surface area is 176 Å². The summed E-state index contributed by atoms with van der Waals surface area (Å²) >= 11 is 0. The molecule has 1 fully saturated rings. The lowest BCUT2D eigenvalue weighted by molar-refractivity contribution is -0.123. The summed E-state index contributed by atoms with van der Waals surface area (Å²) in [7, 11) is -2.49. The first-order valence-corrected chi connectivity index (χ1v) is 11.1. The molecule has 1 saturated heterocycles. The lowest BCUT2D eigenvalue weighted by Gasteiger charge is -2.30. The van der Waals surface area contributed by atoms with Gasteiger partial charge in [0.1, 0.15) is 5.75 Å². The molecule has 0 spiro atoms. The van der Waals surface area contributed by atoms with Crippen molar-refractivity contribution in [3.05, 3.63) is 53.6 Å². The van der Waals surface area contributed by atoms with Gasteiger partial charge >= 0.3 is 0 Å². The monoisotopic (exact) mass is 431 g/mol. The minimum absolute atomic E-state index is 0.0197. The minimum atomic E-state index is -3.95. The van der Waals surface area contributed by atoms with Gasteiger partial charge in [-0.1, -0.05) is 18.2 Å². The van der Waals surface area contributed by atoms with Crippen molar-refractivity contribution in [2.24, 2.45) is 11.7 Å². The number of aryl methyl sites for hydroxylation is 1. The second-order valence-electron chi connectivity index (χ2n) is 7.25. The number of piperidine rings is 1. The number of rotatable bonds is 6. The molecule has 0 atom stereocenters. The van der Waals surface area contributed by atoms with E-state index in [2.05, 4.69) is 4.72 Å². The van der Waals surface area contributed by atoms with E-state index in [1.165, 1.54) is 13.2 Å². The molecule has 3 N–H and O–H groups in total. The summed E-state index contributed by atoms with van der Waals surface area (Å²) in [6, 6.07) is 11.3. The maximum atomic E-state index is 13.0. The molecule has 1 heterocycles. The van der Waals surface area contributed by atoms with Crippen LogP contribution in [0, 0.1) is 12.8 Å². The predicted octanol–water partition coefficient (Wildman–Crippen LogP) is 2.14. The fraction of sp³-hybridized carbons (Fsp3) is 0.333. The summed E-state index contributed by atoms with van der Waals surface area (Å²) in [5.74, 6) is -0.462. The molecule has 0 aromatic heterocycles. The molecule has 0 bridgehead atoms. The molecule has 3 rings (SSSR count). The van der Waals surface area contributed by atoms with Crippen LogP contribution >= 0.6 is 0 Å². The van der Waals surface area contributed by atoms with Gasteiger partial charge in [0, 0.05) is 24.6 Å². The molecule has 0 unspecified atom stereocenters. The molecule has 2 aromatic carbocycles. The first-order chi connectivity index (χ1) is 14.2. The van der Waals surface area contributed by atoms with Gasteiger partial charge in [0.05, 0.1) is 17.7 Å². The molecule has 8 nitrogen and oxygen atoms in total. The molecule has 30 heavy (non-hydrogen) atoms. The van der Waals surface area contributed by atoms with Crippen molar-refractivity contribution in [3.63, 3.8) is 0 Å². The quantitative estimate of drug-likeness (QED) is 0.726. The highest BCUT2D eigenvalue weighted by Crippen LogP contribution is 2.28. The number of primary amides is 1. The van der Waals surface area contributed by atoms with Crippen LogP contribution in [0.2, 0.25) is 0 Å². The summed E-state index contributed by atoms with van der Waals surface area (Å²) in [6.07, 6.45) is 1.01. The maximum Gasteiger partial charge on any atom is 0.262 e. The van der Waals surface area contributed by atoms with Gasteiger partial charge in [-0.15, -0.1) is 0 Å². The smallest absolute Gasteiger partial charge is 0.262 e. The second-order valence-corrected chi connectivity index (χ2v) is 8.91. The number of anilines is 1. The third-order valence-corrected chi connectivity index (χ3v) is 6.77. The van der Waals surface area contributed by atoms with Crippen molar-refractivity contribution >= 4 is 27.5 Å². The van der Waals surface area contributed by atoms with E-state index >= 15 is 0 Å². The number of benzene rings is 2. The van der Waals surface area contributed by atoms with Crippen molar-refractivity contribution in [2.75, 3.05) is 24.9 Å². The van der Waals surface area contributed by atoms with Crippen molar-refractivity contribution in [2.45, 2.75) is 24.7 Å². The Morgan fingerprint density at radius 1 is 1.13 bits per heavy atom. The Hall–Kier alpha value is -3.07. The van der Waals surface area contributed by atoms with Crippen LogP contribution in [0.5, 0.6) is 5.75 Å². The molecule has 160 valence electrons. The van der Waals surface area contributed by atoms with E-state index in [4.69, 9.17) is 10.5 Å². The molecule has 0 aliphatic carbocycles. The van der Waals surface area contributed by atoms with E-state index < -0.39 is 10.0 Å². The molecule has 0 saturated carbocycles. The predicted molar refractivity (Wildman–Crippen MR) is 113 cm³/mol. The molecular weight excluding hydrogens is 406 g/mol. The fourth-order valence-corrected chi connectivity index (χ4v) is 4.84. The highest BCUT2D eigenvalue weighted by Gasteiger charge is 2.28. The van der Waals surface area contributed by atoms with Crippen molar-refractivity contribution in [1.29, 1.82) is 0 Å². The zero-order valence-electron chi connectivity index (χ0n) is 16.9. The largest absolute Gasteiger partial charge is 0.495 e. The molecule has 2 amide bonds. The lowest BCUT2D eigenvalue weighted by atomic mass is 9.96. The average Bonchev–Trinajstić information content (AvgIpc) is 2.73. The molecular formula is C21H25N3O5S. The van der Waals surface area contributed by atoms with Crippen LogP contribution in [0.1, 0.15) is 28.8 Å². The van der Waals surface area contributed by atoms with Gasteiger partial charge in [0.15, 0.2) is 0 Å². The van der Waals surface area contributed by atoms with Gasteiger partial charge in [-0.3, -0.25) is 14.3 Å². The summed E-state index contributed by atoms with van der Waals surface area (Å²) < 4.78 is 33.8. The number of methoxy groups -OCH3 is 1. The number of hydrogen-bond donors (Lipinski definition) is 2. The second kappa shape index (κ2) is 8.74. The summed E-state index contributed by atoms with van der Waals surface area (Å²) in [4.78, 5) is 25.9. The zero-order valence-corrected chi connectivity index (χ0v) is 17.7. The van der Waals surface area contributed by atoms with Crippen LogP contribution < -0.4 is 15.2 Å². The Balaban J connectivity index is 1.84. The average molecular weight is 432 g/mol. The minimum Gasteiger partial charge on any atom is -0.495 e. The van der Waals surface area contributed by atoms with Crippen molar-refractivity contribution in [1.82, 2.24) is 4.90 Å². The number of carbonyl (C=O) groups excluding carboxylic acids is 2. The van der Waals surface area contributed by atoms with E-state index in [1.54, 1.807) is 48.2 Å². The number of likely N-dealkylation sites (tertiary alicyclic amines) is 1. The van der Waals surface area contributed by atoms with Gasteiger partial charge in [-0.2, -0.15) is 0 Å². The number of ether oxygens (including phenoxy) is 1. The number of hydrogen-bond acceptors (Lipinski definition) is 5. The number of carbonyl (C=O) groups is 2. The van der Waals surface area contributed by atoms with Crippen LogP contribution in [0.4, 0.5) is 5.69 Å². The van der Waals surface area contributed by atoms with E-state index in [-0.39, 0.29) is 28.2 Å². The number of nitrogens with one attached hydrogen (secondary N) is 1. The molecule has 2 aromatic rings. The number of para-hydroxylation sites is 2. The molecule has 0 radical (unpaired) electrons. The Kier molecular flexibility index (Phi) is 6.31. The topological polar surface area (TPSA) is 119 Å². The third-order valence-electron chi connectivity index (χ3n) is 5.26. The molecule has 1 aliphatic rings. The SMILES string of the molecule is COc1ccccc1NS(=O)(=O)c1cc(C(=O)N2CCC(C(N)=O)CC2)ccc1C. The highest BCUT2D eigenvalue weighted by atomic mass is 32.2. The highest BCUT2D eigenvalue weighted by molar-refractivity contribution is 7.92. The zero-order chi connectivity index (χ0) is 21.9. The van der Waals surface area contributed by atoms with Crippen LogP contribution in [-0.4, -0.2) is 45.3 Å². The summed E-state index contributed by atoms with van der Waals surface area (Å²) in [6.45, 7) is 2.48. The van der Waals surface area contributed by atoms with Gasteiger partial charge in [-0.05, 0) is 49.6 Å². The fourth-order valence-electron chi connectivity index (χ4n) is 3.50. The number of nitrogens with two attached hydrogens (primary N) is 1. The Morgan fingerprint density at radius 2 is 1.80 bits per heavy atom. The van der Waals surface area contributed by atoms with Crippen LogP contribution in [0.15, 0.2) is 47.4 Å². The maximum absolute atomic E-state index is 13.0. The van der Waals surface area contributed by atoms with Gasteiger partial charge in [0.2, 0.25) is 5.91 Å². The number of sulfonamides is 1. The van der Waals surface area contributed by atoms with Gasteiger partial charge < -0.3 is 15.4 Å².